The molecular formula is C35H32N4O6S. The van der Waals surface area contributed by atoms with Crippen LogP contribution in [0.3, 0.4) is 0 Å². The Hall–Kier alpha value is -5.29. The molecule has 3 aromatic carbocycles. The van der Waals surface area contributed by atoms with E-state index >= 15 is 0 Å². The highest BCUT2D eigenvalue weighted by atomic mass is 32.1. The zero-order valence-corrected chi connectivity index (χ0v) is 26.7. The van der Waals surface area contributed by atoms with Gasteiger partial charge in [0.1, 0.15) is 11.8 Å². The largest absolute Gasteiger partial charge is 0.494 e. The van der Waals surface area contributed by atoms with Crippen LogP contribution in [0.5, 0.6) is 5.75 Å². The van der Waals surface area contributed by atoms with Gasteiger partial charge in [0.15, 0.2) is 4.80 Å². The van der Waals surface area contributed by atoms with Crippen LogP contribution in [-0.2, 0) is 16.1 Å². The van der Waals surface area contributed by atoms with Crippen molar-refractivity contribution in [2.24, 2.45) is 4.99 Å². The smallest absolute Gasteiger partial charge is 0.338 e. The molecule has 0 fully saturated rings. The van der Waals surface area contributed by atoms with Gasteiger partial charge in [-0.25, -0.2) is 9.79 Å². The van der Waals surface area contributed by atoms with E-state index in [-0.39, 0.29) is 17.9 Å². The van der Waals surface area contributed by atoms with E-state index < -0.39 is 16.9 Å². The molecule has 10 nitrogen and oxygen atoms in total. The fourth-order valence-electron chi connectivity index (χ4n) is 5.96. The number of carbonyl (C=O) groups is 1. The van der Waals surface area contributed by atoms with Crippen molar-refractivity contribution < 1.29 is 19.2 Å². The van der Waals surface area contributed by atoms with Gasteiger partial charge < -0.3 is 14.0 Å². The highest BCUT2D eigenvalue weighted by Gasteiger charge is 2.35. The van der Waals surface area contributed by atoms with Crippen molar-refractivity contribution in [3.05, 3.63) is 136 Å². The van der Waals surface area contributed by atoms with E-state index in [4.69, 9.17) is 14.5 Å². The topological polar surface area (TPSA) is 118 Å². The Balaban J connectivity index is 1.53. The molecule has 0 spiro atoms. The van der Waals surface area contributed by atoms with Crippen LogP contribution in [0.25, 0.3) is 17.0 Å². The third kappa shape index (κ3) is 5.43. The lowest BCUT2D eigenvalue weighted by Gasteiger charge is -2.26. The second kappa shape index (κ2) is 12.6. The molecule has 1 aliphatic rings. The normalized spacial score (nSPS) is 14.7. The van der Waals surface area contributed by atoms with Crippen LogP contribution < -0.4 is 19.6 Å². The van der Waals surface area contributed by atoms with E-state index in [1.54, 1.807) is 30.5 Å². The second-order valence-electron chi connectivity index (χ2n) is 10.8. The summed E-state index contributed by atoms with van der Waals surface area (Å²) in [5.74, 6) is 0.0470. The molecule has 0 aliphatic carbocycles. The lowest BCUT2D eigenvalue weighted by Crippen LogP contribution is -2.40. The van der Waals surface area contributed by atoms with Gasteiger partial charge in [0.05, 0.1) is 33.9 Å². The summed E-state index contributed by atoms with van der Waals surface area (Å²) in [5, 5.41) is 12.1. The Morgan fingerprint density at radius 1 is 1.02 bits per heavy atom. The number of thiazole rings is 1. The van der Waals surface area contributed by atoms with Crippen LogP contribution in [0.1, 0.15) is 49.2 Å². The quantitative estimate of drug-likeness (QED) is 0.121. The predicted molar refractivity (Wildman–Crippen MR) is 177 cm³/mol. The third-order valence-corrected chi connectivity index (χ3v) is 9.06. The molecule has 1 atom stereocenters. The number of nitro benzene ring substituents is 1. The molecule has 0 N–H and O–H groups in total. The van der Waals surface area contributed by atoms with Crippen molar-refractivity contribution >= 4 is 40.0 Å². The fourth-order valence-corrected chi connectivity index (χ4v) is 6.99. The van der Waals surface area contributed by atoms with Gasteiger partial charge in [0.25, 0.3) is 11.2 Å². The van der Waals surface area contributed by atoms with Gasteiger partial charge in [-0.15, -0.1) is 0 Å². The number of para-hydroxylation sites is 2. The molecule has 234 valence electrons. The number of nitrogens with zero attached hydrogens (tertiary/aromatic N) is 4. The summed E-state index contributed by atoms with van der Waals surface area (Å²) in [6.07, 6.45) is 1.89. The molecule has 0 amide bonds. The third-order valence-electron chi connectivity index (χ3n) is 8.07. The van der Waals surface area contributed by atoms with Crippen LogP contribution in [0.15, 0.2) is 93.9 Å². The lowest BCUT2D eigenvalue weighted by atomic mass is 9.95. The molecule has 0 bridgehead atoms. The van der Waals surface area contributed by atoms with Crippen LogP contribution in [0.2, 0.25) is 0 Å². The fraction of sp³-hybridized carbons (Fsp3) is 0.229. The van der Waals surface area contributed by atoms with Gasteiger partial charge in [-0.1, -0.05) is 59.9 Å². The van der Waals surface area contributed by atoms with E-state index in [1.165, 1.54) is 23.5 Å². The monoisotopic (exact) mass is 636 g/mol. The van der Waals surface area contributed by atoms with Gasteiger partial charge in [-0.3, -0.25) is 19.5 Å². The van der Waals surface area contributed by atoms with Gasteiger partial charge in [0, 0.05) is 46.4 Å². The number of benzene rings is 3. The highest BCUT2D eigenvalue weighted by Crippen LogP contribution is 2.36. The number of hydrogen-bond donors (Lipinski definition) is 0. The predicted octanol–water partition coefficient (Wildman–Crippen LogP) is 5.42. The van der Waals surface area contributed by atoms with Crippen LogP contribution in [0.4, 0.5) is 5.69 Å². The maximum Gasteiger partial charge on any atom is 0.338 e. The number of rotatable bonds is 9. The van der Waals surface area contributed by atoms with E-state index in [2.05, 4.69) is 4.57 Å². The Morgan fingerprint density at radius 2 is 1.74 bits per heavy atom. The molecule has 0 unspecified atom stereocenters. The average Bonchev–Trinajstić information content (AvgIpc) is 3.49. The van der Waals surface area contributed by atoms with Gasteiger partial charge in [-0.05, 0) is 51.5 Å². The minimum atomic E-state index is -0.787. The Labute approximate surface area is 268 Å². The van der Waals surface area contributed by atoms with E-state index in [9.17, 15) is 19.7 Å². The summed E-state index contributed by atoms with van der Waals surface area (Å²) in [5.41, 5.74) is 4.92. The van der Waals surface area contributed by atoms with E-state index in [0.717, 1.165) is 27.7 Å². The zero-order chi connectivity index (χ0) is 32.5. The van der Waals surface area contributed by atoms with E-state index in [0.29, 0.717) is 45.1 Å². The number of fused-ring (bicyclic) bond motifs is 2. The van der Waals surface area contributed by atoms with Crippen molar-refractivity contribution in [3.63, 3.8) is 0 Å². The van der Waals surface area contributed by atoms with Crippen LogP contribution >= 0.6 is 11.3 Å². The molecule has 6 rings (SSSR count). The first-order valence-corrected chi connectivity index (χ1v) is 15.8. The lowest BCUT2D eigenvalue weighted by molar-refractivity contribution is -0.384. The first kappa shape index (κ1) is 30.7. The second-order valence-corrected chi connectivity index (χ2v) is 11.8. The number of ether oxygens (including phenoxy) is 2. The number of hydrogen-bond acceptors (Lipinski definition) is 8. The minimum Gasteiger partial charge on any atom is -0.494 e. The Bertz CT molecular complexity index is 2210. The molecule has 11 heteroatoms. The number of esters is 1. The van der Waals surface area contributed by atoms with Crippen molar-refractivity contribution in [3.8, 4) is 5.75 Å². The standard InChI is InChI=1S/C35H32N4O6S/c1-5-44-29-14-10-8-12-26(29)32-31(34(41)45-6-2)21(3)36-35-38(32)33(40)30(46-35)19-27-22(4)37(28-13-9-7-11-25(27)28)20-23-15-17-24(18-16-23)39(42)43/h7-19,32H,5-6,20H2,1-4H3/b30-19-/t32-/m1/s1. The van der Waals surface area contributed by atoms with Crippen molar-refractivity contribution in [2.75, 3.05) is 13.2 Å². The number of aromatic nitrogens is 2. The summed E-state index contributed by atoms with van der Waals surface area (Å²) >= 11 is 1.27. The summed E-state index contributed by atoms with van der Waals surface area (Å²) in [6.45, 7) is 8.48. The van der Waals surface area contributed by atoms with Crippen molar-refractivity contribution in [1.29, 1.82) is 0 Å². The highest BCUT2D eigenvalue weighted by molar-refractivity contribution is 7.07. The van der Waals surface area contributed by atoms with Crippen LogP contribution in [0, 0.1) is 17.0 Å². The SMILES string of the molecule is CCOC(=O)C1=C(C)N=c2s/c(=C\c3c(C)n(Cc4ccc([N+](=O)[O-])cc4)c4ccccc34)c(=O)n2[C@@H]1c1ccccc1OCC. The first-order chi connectivity index (χ1) is 22.2. The molecule has 46 heavy (non-hydrogen) atoms. The van der Waals surface area contributed by atoms with Crippen molar-refractivity contribution in [2.45, 2.75) is 40.3 Å². The van der Waals surface area contributed by atoms with E-state index in [1.807, 2.05) is 68.5 Å². The summed E-state index contributed by atoms with van der Waals surface area (Å²) in [7, 11) is 0. The number of allylic oxidation sites excluding steroid dienone is 1. The molecule has 2 aromatic heterocycles. The maximum atomic E-state index is 14.3. The number of carbonyl (C=O) groups excluding carboxylic acids is 1. The molecule has 3 heterocycles. The van der Waals surface area contributed by atoms with Crippen LogP contribution in [-0.4, -0.2) is 33.2 Å². The molecule has 1 aliphatic heterocycles. The van der Waals surface area contributed by atoms with Gasteiger partial charge in [0.2, 0.25) is 0 Å². The first-order valence-electron chi connectivity index (χ1n) is 15.0. The Morgan fingerprint density at radius 3 is 2.46 bits per heavy atom. The zero-order valence-electron chi connectivity index (χ0n) is 25.9. The summed E-state index contributed by atoms with van der Waals surface area (Å²) in [6, 6.07) is 21.1. The molecule has 0 saturated carbocycles. The summed E-state index contributed by atoms with van der Waals surface area (Å²) in [4.78, 5) is 43.6. The number of nitro groups is 1. The molecule has 0 saturated heterocycles. The van der Waals surface area contributed by atoms with Gasteiger partial charge in [-0.2, -0.15) is 0 Å². The Kier molecular flexibility index (Phi) is 8.42. The average molecular weight is 637 g/mol. The molecule has 5 aromatic rings. The maximum absolute atomic E-state index is 14.3. The number of non-ortho nitro benzene ring substituents is 1. The molecule has 0 radical (unpaired) electrons. The molecular weight excluding hydrogens is 604 g/mol. The van der Waals surface area contributed by atoms with Crippen molar-refractivity contribution in [1.82, 2.24) is 9.13 Å². The summed E-state index contributed by atoms with van der Waals surface area (Å²) < 4.78 is 15.6. The minimum absolute atomic E-state index is 0.0393. The van der Waals surface area contributed by atoms with Gasteiger partial charge >= 0.3 is 5.97 Å².